The van der Waals surface area contributed by atoms with Gasteiger partial charge in [-0.3, -0.25) is 0 Å². The lowest BCUT2D eigenvalue weighted by atomic mass is 10.1. The van der Waals surface area contributed by atoms with Crippen molar-refractivity contribution in [2.45, 2.75) is 19.3 Å². The van der Waals surface area contributed by atoms with E-state index in [0.29, 0.717) is 5.92 Å². The van der Waals surface area contributed by atoms with Gasteiger partial charge < -0.3 is 4.79 Å². The average molecular weight is 110 g/mol. The summed E-state index contributed by atoms with van der Waals surface area (Å²) in [5, 5.41) is 0. The third kappa shape index (κ3) is 0.504. The van der Waals surface area contributed by atoms with Crippen LogP contribution < -0.4 is 0 Å². The summed E-state index contributed by atoms with van der Waals surface area (Å²) < 4.78 is 0. The molecule has 8 heavy (non-hydrogen) atoms. The number of hydrogen-bond donors (Lipinski definition) is 0. The molecule has 0 aromatic carbocycles. The first-order valence-corrected chi connectivity index (χ1v) is 3.35. The van der Waals surface area contributed by atoms with Crippen molar-refractivity contribution in [3.8, 4) is 0 Å². The summed E-state index contributed by atoms with van der Waals surface area (Å²) in [4.78, 5) is 10.2. The summed E-state index contributed by atoms with van der Waals surface area (Å²) in [6.45, 7) is 0. The van der Waals surface area contributed by atoms with Crippen LogP contribution in [0, 0.1) is 17.8 Å². The van der Waals surface area contributed by atoms with Crippen molar-refractivity contribution < 1.29 is 4.79 Å². The maximum Gasteiger partial charge on any atom is 0.123 e. The van der Waals surface area contributed by atoms with Crippen LogP contribution in [0.25, 0.3) is 0 Å². The molecule has 0 heterocycles. The number of hydrogen-bond acceptors (Lipinski definition) is 1. The van der Waals surface area contributed by atoms with E-state index in [-0.39, 0.29) is 0 Å². The maximum absolute atomic E-state index is 10.2. The van der Waals surface area contributed by atoms with Gasteiger partial charge >= 0.3 is 0 Å². The van der Waals surface area contributed by atoms with E-state index in [4.69, 9.17) is 0 Å². The highest BCUT2D eigenvalue weighted by Crippen LogP contribution is 2.53. The van der Waals surface area contributed by atoms with Crippen molar-refractivity contribution in [3.05, 3.63) is 0 Å². The molecule has 2 atom stereocenters. The van der Waals surface area contributed by atoms with Crippen molar-refractivity contribution in [1.82, 2.24) is 0 Å². The Kier molecular flexibility index (Phi) is 0.758. The zero-order valence-electron chi connectivity index (χ0n) is 4.84. The number of rotatable bonds is 1. The Balaban J connectivity index is 1.98. The second-order valence-electron chi connectivity index (χ2n) is 3.12. The molecule has 2 aliphatic carbocycles. The first-order valence-electron chi connectivity index (χ1n) is 3.35. The van der Waals surface area contributed by atoms with E-state index in [1.165, 1.54) is 19.3 Å². The van der Waals surface area contributed by atoms with Gasteiger partial charge in [-0.05, 0) is 31.1 Å². The van der Waals surface area contributed by atoms with Crippen LogP contribution in [-0.2, 0) is 4.79 Å². The maximum atomic E-state index is 10.2. The van der Waals surface area contributed by atoms with E-state index < -0.39 is 0 Å². The fraction of sp³-hybridized carbons (Fsp3) is 0.857. The number of aldehydes is 1. The Labute approximate surface area is 49.1 Å². The van der Waals surface area contributed by atoms with Crippen LogP contribution in [0.1, 0.15) is 19.3 Å². The fourth-order valence-corrected chi connectivity index (χ4v) is 1.87. The molecule has 0 bridgehead atoms. The highest BCUT2D eigenvalue weighted by molar-refractivity contribution is 5.54. The number of fused-ring (bicyclic) bond motifs is 1. The predicted molar refractivity (Wildman–Crippen MR) is 30.4 cm³/mol. The summed E-state index contributed by atoms with van der Waals surface area (Å²) in [5.41, 5.74) is 0. The first kappa shape index (κ1) is 4.54. The highest BCUT2D eigenvalue weighted by atomic mass is 16.1. The summed E-state index contributed by atoms with van der Waals surface area (Å²) >= 11 is 0. The van der Waals surface area contributed by atoms with Gasteiger partial charge in [-0.25, -0.2) is 0 Å². The van der Waals surface area contributed by atoms with Gasteiger partial charge in [0, 0.05) is 5.92 Å². The molecular weight excluding hydrogens is 100 g/mol. The molecule has 0 aromatic heterocycles. The van der Waals surface area contributed by atoms with Gasteiger partial charge in [0.2, 0.25) is 0 Å². The second kappa shape index (κ2) is 1.34. The fourth-order valence-electron chi connectivity index (χ4n) is 1.87. The third-order valence-electron chi connectivity index (χ3n) is 2.47. The lowest BCUT2D eigenvalue weighted by Crippen LogP contribution is -1.96. The number of carbonyl (C=O) groups excluding carboxylic acids is 1. The monoisotopic (exact) mass is 110 g/mol. The zero-order valence-corrected chi connectivity index (χ0v) is 4.84. The lowest BCUT2D eigenvalue weighted by molar-refractivity contribution is -0.111. The van der Waals surface area contributed by atoms with Crippen LogP contribution in [0.3, 0.4) is 0 Å². The van der Waals surface area contributed by atoms with Gasteiger partial charge in [-0.15, -0.1) is 0 Å². The van der Waals surface area contributed by atoms with E-state index in [2.05, 4.69) is 0 Å². The molecule has 2 aliphatic rings. The molecule has 2 saturated carbocycles. The summed E-state index contributed by atoms with van der Waals surface area (Å²) in [6.07, 6.45) is 4.96. The van der Waals surface area contributed by atoms with Gasteiger partial charge in [-0.1, -0.05) is 0 Å². The third-order valence-corrected chi connectivity index (χ3v) is 2.47. The molecule has 2 rings (SSSR count). The van der Waals surface area contributed by atoms with Crippen LogP contribution in [-0.4, -0.2) is 6.29 Å². The normalized spacial score (nSPS) is 50.8. The van der Waals surface area contributed by atoms with Gasteiger partial charge in [0.25, 0.3) is 0 Å². The van der Waals surface area contributed by atoms with Crippen LogP contribution in [0.15, 0.2) is 0 Å². The Morgan fingerprint density at radius 1 is 1.12 bits per heavy atom. The quantitative estimate of drug-likeness (QED) is 0.464. The first-order chi connectivity index (χ1) is 3.90. The Morgan fingerprint density at radius 3 is 2.12 bits per heavy atom. The Hall–Kier alpha value is -0.330. The molecule has 44 valence electrons. The number of carbonyl (C=O) groups is 1. The van der Waals surface area contributed by atoms with E-state index in [1.54, 1.807) is 0 Å². The van der Waals surface area contributed by atoms with Crippen molar-refractivity contribution >= 4 is 6.29 Å². The topological polar surface area (TPSA) is 17.1 Å². The summed E-state index contributed by atoms with van der Waals surface area (Å²) in [6, 6.07) is 0. The molecule has 0 amide bonds. The Morgan fingerprint density at radius 2 is 1.75 bits per heavy atom. The smallest absolute Gasteiger partial charge is 0.123 e. The Bertz CT molecular complexity index is 110. The van der Waals surface area contributed by atoms with Gasteiger partial charge in [-0.2, -0.15) is 0 Å². The van der Waals surface area contributed by atoms with Crippen molar-refractivity contribution in [2.75, 3.05) is 0 Å². The SMILES string of the molecule is O=CC1CC2CC2C1. The van der Waals surface area contributed by atoms with Crippen LogP contribution in [0.2, 0.25) is 0 Å². The van der Waals surface area contributed by atoms with Crippen molar-refractivity contribution in [1.29, 1.82) is 0 Å². The van der Waals surface area contributed by atoms with E-state index >= 15 is 0 Å². The van der Waals surface area contributed by atoms with Crippen LogP contribution in [0.5, 0.6) is 0 Å². The molecule has 0 aliphatic heterocycles. The minimum atomic E-state index is 0.443. The second-order valence-corrected chi connectivity index (χ2v) is 3.12. The van der Waals surface area contributed by atoms with Gasteiger partial charge in [0.05, 0.1) is 0 Å². The van der Waals surface area contributed by atoms with Crippen LogP contribution in [0.4, 0.5) is 0 Å². The predicted octanol–water partition coefficient (Wildman–Crippen LogP) is 1.23. The molecule has 2 fully saturated rings. The highest BCUT2D eigenvalue weighted by Gasteiger charge is 2.45. The van der Waals surface area contributed by atoms with Gasteiger partial charge in [0.15, 0.2) is 0 Å². The molecule has 1 heteroatoms. The molecule has 1 nitrogen and oxygen atoms in total. The zero-order chi connectivity index (χ0) is 5.56. The van der Waals surface area contributed by atoms with Gasteiger partial charge in [0.1, 0.15) is 6.29 Å². The van der Waals surface area contributed by atoms with E-state index in [1.807, 2.05) is 0 Å². The summed E-state index contributed by atoms with van der Waals surface area (Å²) in [7, 11) is 0. The lowest BCUT2D eigenvalue weighted by Gasteiger charge is -1.97. The average Bonchev–Trinajstić information content (AvgIpc) is 2.40. The summed E-state index contributed by atoms with van der Waals surface area (Å²) in [5.74, 6) is 2.37. The molecular formula is C7H10O. The molecule has 0 aromatic rings. The van der Waals surface area contributed by atoms with E-state index in [0.717, 1.165) is 18.1 Å². The molecule has 2 unspecified atom stereocenters. The largest absolute Gasteiger partial charge is 0.303 e. The van der Waals surface area contributed by atoms with Crippen LogP contribution >= 0.6 is 0 Å². The van der Waals surface area contributed by atoms with Crippen molar-refractivity contribution in [2.24, 2.45) is 17.8 Å². The van der Waals surface area contributed by atoms with E-state index in [9.17, 15) is 4.79 Å². The minimum Gasteiger partial charge on any atom is -0.303 e. The molecule has 0 radical (unpaired) electrons. The van der Waals surface area contributed by atoms with Crippen molar-refractivity contribution in [3.63, 3.8) is 0 Å². The standard InChI is InChI=1S/C7H10O/c8-4-5-1-6-3-7(6)2-5/h4-7H,1-3H2. The molecule has 0 saturated heterocycles. The minimum absolute atomic E-state index is 0.443. The molecule has 0 N–H and O–H groups in total. The molecule has 0 spiro atoms.